The van der Waals surface area contributed by atoms with E-state index in [1.165, 1.54) is 36.4 Å². The van der Waals surface area contributed by atoms with Gasteiger partial charge in [-0.15, -0.1) is 0 Å². The molecule has 0 saturated heterocycles. The Morgan fingerprint density at radius 2 is 1.00 bits per heavy atom. The third kappa shape index (κ3) is 4.05. The third-order valence-electron chi connectivity index (χ3n) is 4.30. The number of rotatable bonds is 6. The van der Waals surface area contributed by atoms with Gasteiger partial charge in [-0.1, -0.05) is 34.5 Å². The van der Waals surface area contributed by atoms with Gasteiger partial charge >= 0.3 is 11.9 Å². The molecule has 0 aliphatic rings. The van der Waals surface area contributed by atoms with Crippen LogP contribution in [0.3, 0.4) is 0 Å². The fourth-order valence-corrected chi connectivity index (χ4v) is 2.89. The molecule has 0 aromatic heterocycles. The van der Waals surface area contributed by atoms with E-state index in [0.717, 1.165) is 0 Å². The van der Waals surface area contributed by atoms with Gasteiger partial charge in [0.15, 0.2) is 0 Å². The average Bonchev–Trinajstić information content (AvgIpc) is 2.75. The van der Waals surface area contributed by atoms with Crippen LogP contribution in [0.15, 0.2) is 70.9 Å². The molecule has 0 aliphatic heterocycles. The summed E-state index contributed by atoms with van der Waals surface area (Å²) >= 11 is 0. The molecule has 2 N–H and O–H groups in total. The lowest BCUT2D eigenvalue weighted by Crippen LogP contribution is -1.95. The van der Waals surface area contributed by atoms with Crippen molar-refractivity contribution in [2.75, 3.05) is 0 Å². The Kier molecular flexibility index (Phi) is 5.65. The van der Waals surface area contributed by atoms with E-state index < -0.39 is 11.9 Å². The third-order valence-corrected chi connectivity index (χ3v) is 4.30. The van der Waals surface area contributed by atoms with E-state index in [1.807, 2.05) is 0 Å². The first-order valence-corrected chi connectivity index (χ1v) is 8.40. The lowest BCUT2D eigenvalue weighted by Gasteiger charge is -2.13. The average molecular weight is 400 g/mol. The molecule has 0 spiro atoms. The number of nitrogens with zero attached hydrogens (tertiary/aromatic N) is 6. The second-order valence-electron chi connectivity index (χ2n) is 6.03. The van der Waals surface area contributed by atoms with E-state index in [1.54, 1.807) is 24.3 Å². The van der Waals surface area contributed by atoms with Crippen molar-refractivity contribution in [1.29, 1.82) is 0 Å². The van der Waals surface area contributed by atoms with Gasteiger partial charge in [-0.3, -0.25) is 0 Å². The molecule has 0 heterocycles. The van der Waals surface area contributed by atoms with Crippen LogP contribution < -0.4 is 0 Å². The zero-order valence-corrected chi connectivity index (χ0v) is 15.2. The summed E-state index contributed by atoms with van der Waals surface area (Å²) in [5.74, 6) is -2.15. The molecule has 3 rings (SSSR count). The first kappa shape index (κ1) is 20.0. The summed E-state index contributed by atoms with van der Waals surface area (Å²) in [5, 5.41) is 25.5. The maximum Gasteiger partial charge on any atom is 0.335 e. The molecule has 10 heteroatoms. The molecule has 30 heavy (non-hydrogen) atoms. The van der Waals surface area contributed by atoms with Crippen molar-refractivity contribution in [2.45, 2.75) is 0 Å². The summed E-state index contributed by atoms with van der Waals surface area (Å²) < 4.78 is 0. The number of benzene rings is 3. The fraction of sp³-hybridized carbons (Fsp3) is 0. The molecule has 0 fully saturated rings. The molecule has 3 aromatic rings. The molecule has 10 nitrogen and oxygen atoms in total. The highest BCUT2D eigenvalue weighted by molar-refractivity contribution is 5.92. The normalized spacial score (nSPS) is 9.87. The SMILES string of the molecule is [N-]=[N+]=Nc1cc(-c2ccc(C(=O)O)cc2)c(N=[N+]=[N-])cc1-c1ccc(C(=O)O)cc1. The minimum Gasteiger partial charge on any atom is -0.478 e. The Balaban J connectivity index is 2.21. The molecule has 0 atom stereocenters. The smallest absolute Gasteiger partial charge is 0.335 e. The van der Waals surface area contributed by atoms with E-state index in [-0.39, 0.29) is 22.5 Å². The molecular weight excluding hydrogens is 388 g/mol. The van der Waals surface area contributed by atoms with Gasteiger partial charge in [-0.2, -0.15) is 0 Å². The van der Waals surface area contributed by atoms with E-state index >= 15 is 0 Å². The molecule has 0 amide bonds. The van der Waals surface area contributed by atoms with Gasteiger partial charge in [0.05, 0.1) is 11.1 Å². The standard InChI is InChI=1S/C20H12N6O4/c21-25-23-17-10-16(12-3-7-14(8-4-12)20(29)30)18(24-26-22)9-15(17)11-1-5-13(6-2-11)19(27)28/h1-10H,(H,27,28)(H,29,30). The van der Waals surface area contributed by atoms with Crippen molar-refractivity contribution in [3.05, 3.63) is 92.7 Å². The van der Waals surface area contributed by atoms with Crippen LogP contribution in [0.1, 0.15) is 20.7 Å². The molecule has 0 bridgehead atoms. The number of carbonyl (C=O) groups is 2. The van der Waals surface area contributed by atoms with Gasteiger partial charge in [0.1, 0.15) is 0 Å². The maximum absolute atomic E-state index is 11.1. The van der Waals surface area contributed by atoms with Crippen LogP contribution in [0.25, 0.3) is 43.1 Å². The number of hydrogen-bond acceptors (Lipinski definition) is 4. The van der Waals surface area contributed by atoms with E-state index in [9.17, 15) is 9.59 Å². The van der Waals surface area contributed by atoms with Crippen LogP contribution in [0, 0.1) is 0 Å². The van der Waals surface area contributed by atoms with Crippen LogP contribution in [0.2, 0.25) is 0 Å². The second-order valence-corrected chi connectivity index (χ2v) is 6.03. The number of aromatic carboxylic acids is 2. The molecule has 0 aliphatic carbocycles. The Hall–Kier alpha value is -4.78. The van der Waals surface area contributed by atoms with Gasteiger partial charge in [0.25, 0.3) is 0 Å². The molecule has 0 unspecified atom stereocenters. The minimum atomic E-state index is -1.08. The Morgan fingerprint density at radius 3 is 1.27 bits per heavy atom. The topological polar surface area (TPSA) is 172 Å². The monoisotopic (exact) mass is 400 g/mol. The van der Waals surface area contributed by atoms with E-state index in [4.69, 9.17) is 21.3 Å². The summed E-state index contributed by atoms with van der Waals surface area (Å²) in [7, 11) is 0. The predicted octanol–water partition coefficient (Wildman–Crippen LogP) is 6.30. The molecule has 0 saturated carbocycles. The Morgan fingerprint density at radius 1 is 0.667 bits per heavy atom. The number of carboxylic acids is 2. The highest BCUT2D eigenvalue weighted by atomic mass is 16.4. The van der Waals surface area contributed by atoms with Crippen LogP contribution in [-0.4, -0.2) is 22.2 Å². The number of hydrogen-bond donors (Lipinski definition) is 2. The second kappa shape index (κ2) is 8.49. The fourth-order valence-electron chi connectivity index (χ4n) is 2.89. The lowest BCUT2D eigenvalue weighted by molar-refractivity contribution is 0.0686. The summed E-state index contributed by atoms with van der Waals surface area (Å²) in [6, 6.07) is 14.9. The van der Waals surface area contributed by atoms with Crippen LogP contribution in [-0.2, 0) is 0 Å². The van der Waals surface area contributed by atoms with Crippen LogP contribution in [0.5, 0.6) is 0 Å². The largest absolute Gasteiger partial charge is 0.478 e. The van der Waals surface area contributed by atoms with Gasteiger partial charge in [-0.25, -0.2) is 9.59 Å². The van der Waals surface area contributed by atoms with Crippen molar-refractivity contribution in [2.24, 2.45) is 10.2 Å². The van der Waals surface area contributed by atoms with Crippen LogP contribution >= 0.6 is 0 Å². The van der Waals surface area contributed by atoms with Crippen LogP contribution in [0.4, 0.5) is 11.4 Å². The molecule has 146 valence electrons. The Bertz CT molecular complexity index is 1140. The highest BCUT2D eigenvalue weighted by Crippen LogP contribution is 2.41. The summed E-state index contributed by atoms with van der Waals surface area (Å²) in [6.45, 7) is 0. The van der Waals surface area contributed by atoms with Gasteiger partial charge in [0.2, 0.25) is 0 Å². The zero-order valence-electron chi connectivity index (χ0n) is 15.2. The number of carboxylic acid groups (broad SMARTS) is 2. The van der Waals surface area contributed by atoms with Crippen molar-refractivity contribution >= 4 is 23.3 Å². The van der Waals surface area contributed by atoms with E-state index in [2.05, 4.69) is 20.1 Å². The first-order chi connectivity index (χ1) is 14.4. The van der Waals surface area contributed by atoms with Crippen molar-refractivity contribution in [1.82, 2.24) is 0 Å². The quantitative estimate of drug-likeness (QED) is 0.281. The summed E-state index contributed by atoms with van der Waals surface area (Å²) in [5.41, 5.74) is 20.6. The van der Waals surface area contributed by atoms with Crippen molar-refractivity contribution in [3.8, 4) is 22.3 Å². The Labute approximate surface area is 168 Å². The van der Waals surface area contributed by atoms with Crippen molar-refractivity contribution < 1.29 is 19.8 Å². The highest BCUT2D eigenvalue weighted by Gasteiger charge is 2.13. The molecular formula is C20H12N6O4. The molecule has 3 aromatic carbocycles. The van der Waals surface area contributed by atoms with E-state index in [0.29, 0.717) is 22.3 Å². The zero-order chi connectivity index (χ0) is 21.7. The lowest BCUT2D eigenvalue weighted by atomic mass is 9.95. The maximum atomic E-state index is 11.1. The summed E-state index contributed by atoms with van der Waals surface area (Å²) in [4.78, 5) is 27.8. The summed E-state index contributed by atoms with van der Waals surface area (Å²) in [6.07, 6.45) is 0. The first-order valence-electron chi connectivity index (χ1n) is 8.40. The van der Waals surface area contributed by atoms with Crippen molar-refractivity contribution in [3.63, 3.8) is 0 Å². The minimum absolute atomic E-state index is 0.0921. The van der Waals surface area contributed by atoms with Gasteiger partial charge < -0.3 is 10.2 Å². The molecule has 0 radical (unpaired) electrons. The predicted molar refractivity (Wildman–Crippen MR) is 109 cm³/mol. The number of azide groups is 2. The van der Waals surface area contributed by atoms with Gasteiger partial charge in [-0.05, 0) is 69.7 Å². The van der Waals surface area contributed by atoms with Gasteiger partial charge in [0, 0.05) is 21.2 Å².